The van der Waals surface area contributed by atoms with Gasteiger partial charge in [0.05, 0.1) is 25.3 Å². The molecule has 0 amide bonds. The molecule has 1 heterocycles. The van der Waals surface area contributed by atoms with E-state index in [-0.39, 0.29) is 12.0 Å². The van der Waals surface area contributed by atoms with E-state index in [2.05, 4.69) is 5.10 Å². The molecular weight excluding hydrogens is 196 g/mol. The topological polar surface area (TPSA) is 64.3 Å². The third-order valence-electron chi connectivity index (χ3n) is 1.97. The van der Waals surface area contributed by atoms with Crippen LogP contribution in [0.2, 0.25) is 0 Å². The van der Waals surface area contributed by atoms with Crippen molar-refractivity contribution < 1.29 is 14.6 Å². The van der Waals surface area contributed by atoms with Crippen LogP contribution in [0.15, 0.2) is 6.20 Å². The van der Waals surface area contributed by atoms with Gasteiger partial charge in [0.1, 0.15) is 0 Å². The van der Waals surface area contributed by atoms with E-state index in [4.69, 9.17) is 9.84 Å². The van der Waals surface area contributed by atoms with E-state index in [1.807, 2.05) is 20.8 Å². The molecule has 0 fully saturated rings. The average Bonchev–Trinajstić information content (AvgIpc) is 2.45. The third-order valence-corrected chi connectivity index (χ3v) is 1.97. The van der Waals surface area contributed by atoms with Gasteiger partial charge in [-0.1, -0.05) is 0 Å². The molecule has 0 aromatic carbocycles. The number of aromatic nitrogens is 2. The quantitative estimate of drug-likeness (QED) is 0.819. The Balaban J connectivity index is 3.11. The monoisotopic (exact) mass is 212 g/mol. The van der Waals surface area contributed by atoms with Crippen molar-refractivity contribution in [3.05, 3.63) is 11.8 Å². The van der Waals surface area contributed by atoms with Crippen LogP contribution in [-0.2, 0) is 16.8 Å². The first-order chi connectivity index (χ1) is 6.86. The molecule has 0 radical (unpaired) electrons. The van der Waals surface area contributed by atoms with Crippen molar-refractivity contribution in [2.75, 3.05) is 7.11 Å². The molecule has 15 heavy (non-hydrogen) atoms. The number of carboxylic acid groups (broad SMARTS) is 1. The Morgan fingerprint density at radius 2 is 2.20 bits per heavy atom. The Kier molecular flexibility index (Phi) is 3.02. The highest BCUT2D eigenvalue weighted by Gasteiger charge is 2.22. The molecule has 0 saturated carbocycles. The van der Waals surface area contributed by atoms with Crippen molar-refractivity contribution in [1.82, 2.24) is 9.78 Å². The fourth-order valence-corrected chi connectivity index (χ4v) is 1.35. The van der Waals surface area contributed by atoms with Crippen molar-refractivity contribution in [2.24, 2.45) is 0 Å². The van der Waals surface area contributed by atoms with Crippen LogP contribution in [0.3, 0.4) is 0 Å². The predicted octanol–water partition coefficient (Wildman–Crippen LogP) is 1.27. The number of nitrogens with zero attached hydrogens (tertiary/aromatic N) is 2. The number of carbonyl (C=O) groups is 1. The first-order valence-electron chi connectivity index (χ1n) is 4.69. The smallest absolute Gasteiger partial charge is 0.308 e. The number of rotatable bonds is 3. The highest BCUT2D eigenvalue weighted by molar-refractivity contribution is 5.70. The van der Waals surface area contributed by atoms with Gasteiger partial charge in [-0.2, -0.15) is 5.10 Å². The van der Waals surface area contributed by atoms with Crippen molar-refractivity contribution in [3.63, 3.8) is 0 Å². The van der Waals surface area contributed by atoms with Gasteiger partial charge in [-0.15, -0.1) is 0 Å². The van der Waals surface area contributed by atoms with Gasteiger partial charge >= 0.3 is 5.97 Å². The van der Waals surface area contributed by atoms with Crippen LogP contribution in [0.1, 0.15) is 26.3 Å². The number of aliphatic carboxylic acids is 1. The Morgan fingerprint density at radius 1 is 1.60 bits per heavy atom. The maximum Gasteiger partial charge on any atom is 0.308 e. The van der Waals surface area contributed by atoms with Gasteiger partial charge in [0.2, 0.25) is 5.88 Å². The van der Waals surface area contributed by atoms with Crippen LogP contribution in [0.5, 0.6) is 5.88 Å². The van der Waals surface area contributed by atoms with Crippen LogP contribution >= 0.6 is 0 Å². The summed E-state index contributed by atoms with van der Waals surface area (Å²) in [6, 6.07) is 0. The Morgan fingerprint density at radius 3 is 2.60 bits per heavy atom. The number of methoxy groups -OCH3 is 1. The van der Waals surface area contributed by atoms with Crippen LogP contribution in [-0.4, -0.2) is 28.0 Å². The number of hydrogen-bond acceptors (Lipinski definition) is 3. The SMILES string of the molecule is COc1c(CC(=O)O)cnn1C(C)(C)C. The minimum Gasteiger partial charge on any atom is -0.481 e. The van der Waals surface area contributed by atoms with Crippen LogP contribution in [0.25, 0.3) is 0 Å². The Bertz CT molecular complexity index is 363. The third kappa shape index (κ3) is 2.49. The maximum absolute atomic E-state index is 10.6. The van der Waals surface area contributed by atoms with E-state index in [1.165, 1.54) is 13.3 Å². The average molecular weight is 212 g/mol. The number of carboxylic acids is 1. The second kappa shape index (κ2) is 3.92. The fourth-order valence-electron chi connectivity index (χ4n) is 1.35. The minimum absolute atomic E-state index is 0.0702. The van der Waals surface area contributed by atoms with Gasteiger partial charge < -0.3 is 9.84 Å². The summed E-state index contributed by atoms with van der Waals surface area (Å²) in [6.07, 6.45) is 1.47. The van der Waals surface area contributed by atoms with Gasteiger partial charge in [-0.25, -0.2) is 4.68 Å². The van der Waals surface area contributed by atoms with E-state index < -0.39 is 5.97 Å². The van der Waals surface area contributed by atoms with E-state index in [9.17, 15) is 4.79 Å². The van der Waals surface area contributed by atoms with Gasteiger partial charge in [0, 0.05) is 5.56 Å². The summed E-state index contributed by atoms with van der Waals surface area (Å²) in [4.78, 5) is 10.6. The Hall–Kier alpha value is -1.52. The van der Waals surface area contributed by atoms with Gasteiger partial charge in [0.15, 0.2) is 0 Å². The van der Waals surface area contributed by atoms with E-state index >= 15 is 0 Å². The van der Waals surface area contributed by atoms with Gasteiger partial charge in [-0.3, -0.25) is 4.79 Å². The highest BCUT2D eigenvalue weighted by Crippen LogP contribution is 2.25. The molecule has 0 saturated heterocycles. The predicted molar refractivity (Wildman–Crippen MR) is 55.1 cm³/mol. The van der Waals surface area contributed by atoms with Crippen molar-refractivity contribution in [1.29, 1.82) is 0 Å². The molecule has 5 nitrogen and oxygen atoms in total. The summed E-state index contributed by atoms with van der Waals surface area (Å²) in [7, 11) is 1.52. The zero-order valence-electron chi connectivity index (χ0n) is 9.44. The first kappa shape index (κ1) is 11.6. The molecule has 0 atom stereocenters. The normalized spacial score (nSPS) is 11.5. The lowest BCUT2D eigenvalue weighted by atomic mass is 10.1. The summed E-state index contributed by atoms with van der Waals surface area (Å²) in [5.74, 6) is -0.369. The van der Waals surface area contributed by atoms with Crippen molar-refractivity contribution >= 4 is 5.97 Å². The fraction of sp³-hybridized carbons (Fsp3) is 0.600. The highest BCUT2D eigenvalue weighted by atomic mass is 16.5. The molecule has 1 aromatic rings. The van der Waals surface area contributed by atoms with E-state index in [1.54, 1.807) is 4.68 Å². The zero-order valence-corrected chi connectivity index (χ0v) is 9.44. The molecule has 0 aliphatic rings. The lowest BCUT2D eigenvalue weighted by Gasteiger charge is -2.21. The largest absolute Gasteiger partial charge is 0.481 e. The van der Waals surface area contributed by atoms with E-state index in [0.29, 0.717) is 11.4 Å². The summed E-state index contributed by atoms with van der Waals surface area (Å²) in [5.41, 5.74) is 0.377. The zero-order chi connectivity index (χ0) is 11.6. The van der Waals surface area contributed by atoms with Crippen LogP contribution in [0, 0.1) is 0 Å². The molecular formula is C10H16N2O3. The molecule has 5 heteroatoms. The molecule has 1 N–H and O–H groups in total. The summed E-state index contributed by atoms with van der Waals surface area (Å²) >= 11 is 0. The molecule has 1 rings (SSSR count). The lowest BCUT2D eigenvalue weighted by Crippen LogP contribution is -2.23. The lowest BCUT2D eigenvalue weighted by molar-refractivity contribution is -0.136. The second-order valence-corrected chi connectivity index (χ2v) is 4.33. The van der Waals surface area contributed by atoms with Gasteiger partial charge in [-0.05, 0) is 20.8 Å². The summed E-state index contributed by atoms with van der Waals surface area (Å²) < 4.78 is 6.87. The number of ether oxygens (including phenoxy) is 1. The standard InChI is InChI=1S/C10H16N2O3/c1-10(2,3)12-9(15-4)7(6-11-12)5-8(13)14/h6H,5H2,1-4H3,(H,13,14). The summed E-state index contributed by atoms with van der Waals surface area (Å²) in [6.45, 7) is 5.94. The maximum atomic E-state index is 10.6. The van der Waals surface area contributed by atoms with Crippen molar-refractivity contribution in [2.45, 2.75) is 32.7 Å². The number of hydrogen-bond donors (Lipinski definition) is 1. The summed E-state index contributed by atoms with van der Waals surface area (Å²) in [5, 5.41) is 12.8. The van der Waals surface area contributed by atoms with Gasteiger partial charge in [0.25, 0.3) is 0 Å². The molecule has 1 aromatic heterocycles. The van der Waals surface area contributed by atoms with Crippen LogP contribution < -0.4 is 4.74 Å². The van der Waals surface area contributed by atoms with Crippen molar-refractivity contribution in [3.8, 4) is 5.88 Å². The molecule has 0 bridgehead atoms. The van der Waals surface area contributed by atoms with E-state index in [0.717, 1.165) is 0 Å². The molecule has 0 unspecified atom stereocenters. The molecule has 0 spiro atoms. The second-order valence-electron chi connectivity index (χ2n) is 4.33. The molecule has 0 aliphatic carbocycles. The Labute approximate surface area is 88.7 Å². The first-order valence-corrected chi connectivity index (χ1v) is 4.69. The molecule has 0 aliphatic heterocycles. The van der Waals surface area contributed by atoms with Crippen LogP contribution in [0.4, 0.5) is 0 Å². The molecule has 84 valence electrons. The minimum atomic E-state index is -0.887.